The zero-order valence-electron chi connectivity index (χ0n) is 14.2. The Morgan fingerprint density at radius 3 is 2.65 bits per heavy atom. The highest BCUT2D eigenvalue weighted by Gasteiger charge is 2.52. The number of aromatic nitrogens is 2. The van der Waals surface area contributed by atoms with Crippen molar-refractivity contribution in [1.29, 1.82) is 0 Å². The Bertz CT molecular complexity index is 931. The Kier molecular flexibility index (Phi) is 3.31. The van der Waals surface area contributed by atoms with Crippen molar-refractivity contribution in [3.05, 3.63) is 67.0 Å². The molecule has 2 aliphatic heterocycles. The van der Waals surface area contributed by atoms with Crippen LogP contribution in [-0.2, 0) is 10.2 Å². The summed E-state index contributed by atoms with van der Waals surface area (Å²) < 4.78 is 5.22. The van der Waals surface area contributed by atoms with Crippen LogP contribution >= 0.6 is 0 Å². The van der Waals surface area contributed by atoms with E-state index in [1.807, 2.05) is 24.3 Å². The fourth-order valence-corrected chi connectivity index (χ4v) is 4.21. The van der Waals surface area contributed by atoms with Crippen LogP contribution in [0.25, 0.3) is 0 Å². The zero-order chi connectivity index (χ0) is 17.6. The molecule has 4 heterocycles. The van der Waals surface area contributed by atoms with E-state index in [1.54, 1.807) is 36.0 Å². The first kappa shape index (κ1) is 15.1. The molecule has 0 unspecified atom stereocenters. The Hall–Kier alpha value is -3.15. The maximum atomic E-state index is 13.5. The number of benzene rings is 1. The van der Waals surface area contributed by atoms with E-state index < -0.39 is 5.41 Å². The van der Waals surface area contributed by atoms with Crippen LogP contribution in [0.5, 0.6) is 0 Å². The molecule has 0 aliphatic carbocycles. The molecule has 1 saturated heterocycles. The maximum Gasteiger partial charge on any atom is 0.242 e. The van der Waals surface area contributed by atoms with Gasteiger partial charge in [0.2, 0.25) is 5.91 Å². The molecule has 2 aliphatic rings. The minimum Gasteiger partial charge on any atom is -0.470 e. The molecule has 130 valence electrons. The highest BCUT2D eigenvalue weighted by atomic mass is 16.3. The summed E-state index contributed by atoms with van der Waals surface area (Å²) in [5, 5.41) is 0. The van der Waals surface area contributed by atoms with Crippen LogP contribution in [0, 0.1) is 0 Å². The SMILES string of the molecule is O=C1N(c2ccoc2)c2ccccc2C12CCN(c1cnccn1)CC2. The number of amides is 1. The van der Waals surface area contributed by atoms with Gasteiger partial charge in [-0.05, 0) is 24.5 Å². The fourth-order valence-electron chi connectivity index (χ4n) is 4.21. The summed E-state index contributed by atoms with van der Waals surface area (Å²) in [6, 6.07) is 9.94. The third-order valence-electron chi connectivity index (χ3n) is 5.53. The number of carbonyl (C=O) groups excluding carboxylic acids is 1. The largest absolute Gasteiger partial charge is 0.470 e. The minimum absolute atomic E-state index is 0.138. The van der Waals surface area contributed by atoms with Gasteiger partial charge in [0.15, 0.2) is 0 Å². The number of piperidine rings is 1. The van der Waals surface area contributed by atoms with Gasteiger partial charge in [0, 0.05) is 31.5 Å². The molecule has 5 rings (SSSR count). The second-order valence-corrected chi connectivity index (χ2v) is 6.77. The van der Waals surface area contributed by atoms with Gasteiger partial charge < -0.3 is 9.32 Å². The van der Waals surface area contributed by atoms with Crippen LogP contribution in [0.1, 0.15) is 18.4 Å². The van der Waals surface area contributed by atoms with Crippen molar-refractivity contribution < 1.29 is 9.21 Å². The van der Waals surface area contributed by atoms with E-state index in [0.29, 0.717) is 0 Å². The summed E-state index contributed by atoms with van der Waals surface area (Å²) in [5.41, 5.74) is 2.39. The first-order chi connectivity index (χ1) is 12.8. The van der Waals surface area contributed by atoms with Crippen molar-refractivity contribution in [2.24, 2.45) is 0 Å². The van der Waals surface area contributed by atoms with Gasteiger partial charge >= 0.3 is 0 Å². The molecule has 0 atom stereocenters. The lowest BCUT2D eigenvalue weighted by atomic mass is 9.73. The summed E-state index contributed by atoms with van der Waals surface area (Å²) in [7, 11) is 0. The van der Waals surface area contributed by atoms with E-state index in [9.17, 15) is 4.79 Å². The molecule has 0 saturated carbocycles. The van der Waals surface area contributed by atoms with Crippen LogP contribution in [0.4, 0.5) is 17.2 Å². The van der Waals surface area contributed by atoms with Crippen LogP contribution in [-0.4, -0.2) is 29.0 Å². The number of nitrogens with zero attached hydrogens (tertiary/aromatic N) is 4. The van der Waals surface area contributed by atoms with E-state index in [0.717, 1.165) is 48.7 Å². The van der Waals surface area contributed by atoms with Gasteiger partial charge in [0.25, 0.3) is 0 Å². The number of carbonyl (C=O) groups is 1. The van der Waals surface area contributed by atoms with Gasteiger partial charge in [-0.25, -0.2) is 4.98 Å². The summed E-state index contributed by atoms with van der Waals surface area (Å²) in [6.07, 6.45) is 9.90. The number of para-hydroxylation sites is 1. The lowest BCUT2D eigenvalue weighted by molar-refractivity contribution is -0.123. The van der Waals surface area contributed by atoms with Crippen LogP contribution in [0.3, 0.4) is 0 Å². The van der Waals surface area contributed by atoms with Crippen molar-refractivity contribution >= 4 is 23.1 Å². The van der Waals surface area contributed by atoms with Gasteiger partial charge in [-0.2, -0.15) is 0 Å². The van der Waals surface area contributed by atoms with E-state index in [2.05, 4.69) is 20.9 Å². The molecule has 6 nitrogen and oxygen atoms in total. The third-order valence-corrected chi connectivity index (χ3v) is 5.53. The van der Waals surface area contributed by atoms with Crippen LogP contribution in [0.2, 0.25) is 0 Å². The number of hydrogen-bond acceptors (Lipinski definition) is 5. The second-order valence-electron chi connectivity index (χ2n) is 6.77. The predicted molar refractivity (Wildman–Crippen MR) is 97.5 cm³/mol. The molecule has 6 heteroatoms. The second kappa shape index (κ2) is 5.69. The Morgan fingerprint density at radius 1 is 1.08 bits per heavy atom. The van der Waals surface area contributed by atoms with E-state index >= 15 is 0 Å². The van der Waals surface area contributed by atoms with Gasteiger partial charge in [-0.3, -0.25) is 14.7 Å². The zero-order valence-corrected chi connectivity index (χ0v) is 14.2. The smallest absolute Gasteiger partial charge is 0.242 e. The molecule has 0 N–H and O–H groups in total. The van der Waals surface area contributed by atoms with Crippen LogP contribution in [0.15, 0.2) is 65.9 Å². The average Bonchev–Trinajstić information content (AvgIpc) is 3.30. The molecule has 1 fully saturated rings. The van der Waals surface area contributed by atoms with E-state index in [-0.39, 0.29) is 5.91 Å². The molecule has 26 heavy (non-hydrogen) atoms. The fraction of sp³-hybridized carbons (Fsp3) is 0.250. The van der Waals surface area contributed by atoms with Gasteiger partial charge in [0.05, 0.1) is 29.2 Å². The lowest BCUT2D eigenvalue weighted by Crippen LogP contribution is -2.48. The van der Waals surface area contributed by atoms with Gasteiger partial charge in [0.1, 0.15) is 12.1 Å². The number of rotatable bonds is 2. The predicted octanol–water partition coefficient (Wildman–Crippen LogP) is 3.29. The summed E-state index contributed by atoms with van der Waals surface area (Å²) in [6.45, 7) is 1.55. The summed E-state index contributed by atoms with van der Waals surface area (Å²) >= 11 is 0. The normalized spacial score (nSPS) is 18.4. The summed E-state index contributed by atoms with van der Waals surface area (Å²) in [4.78, 5) is 26.1. The molecule has 0 radical (unpaired) electrons. The van der Waals surface area contributed by atoms with Crippen molar-refractivity contribution in [3.63, 3.8) is 0 Å². The van der Waals surface area contributed by atoms with Gasteiger partial charge in [-0.15, -0.1) is 0 Å². The topological polar surface area (TPSA) is 62.5 Å². The number of furan rings is 1. The molecule has 1 spiro atoms. The number of fused-ring (bicyclic) bond motifs is 2. The first-order valence-electron chi connectivity index (χ1n) is 8.77. The summed E-state index contributed by atoms with van der Waals surface area (Å²) in [5.74, 6) is 1.01. The lowest BCUT2D eigenvalue weighted by Gasteiger charge is -2.38. The van der Waals surface area contributed by atoms with Crippen molar-refractivity contribution in [3.8, 4) is 0 Å². The van der Waals surface area contributed by atoms with Gasteiger partial charge in [-0.1, -0.05) is 18.2 Å². The van der Waals surface area contributed by atoms with E-state index in [1.165, 1.54) is 0 Å². The number of hydrogen-bond donors (Lipinski definition) is 0. The Labute approximate surface area is 151 Å². The highest BCUT2D eigenvalue weighted by molar-refractivity contribution is 6.13. The molecular weight excluding hydrogens is 328 g/mol. The van der Waals surface area contributed by atoms with Crippen LogP contribution < -0.4 is 9.80 Å². The van der Waals surface area contributed by atoms with Crippen molar-refractivity contribution in [2.75, 3.05) is 22.9 Å². The monoisotopic (exact) mass is 346 g/mol. The standard InChI is InChI=1S/C20H18N4O2/c25-19-20(6-10-23(11-7-20)18-13-21-8-9-22-18)16-3-1-2-4-17(16)24(19)15-5-12-26-14-15/h1-5,8-9,12-14H,6-7,10-11H2. The quantitative estimate of drug-likeness (QED) is 0.712. The van der Waals surface area contributed by atoms with Crippen molar-refractivity contribution in [2.45, 2.75) is 18.3 Å². The molecule has 0 bridgehead atoms. The average molecular weight is 346 g/mol. The van der Waals surface area contributed by atoms with E-state index in [4.69, 9.17) is 4.42 Å². The molecule has 1 amide bonds. The maximum absolute atomic E-state index is 13.5. The van der Waals surface area contributed by atoms with Crippen molar-refractivity contribution in [1.82, 2.24) is 9.97 Å². The third kappa shape index (κ3) is 2.08. The Morgan fingerprint density at radius 2 is 1.92 bits per heavy atom. The number of anilines is 3. The molecular formula is C20H18N4O2. The first-order valence-corrected chi connectivity index (χ1v) is 8.77. The Balaban J connectivity index is 1.51. The highest BCUT2D eigenvalue weighted by Crippen LogP contribution is 2.50. The minimum atomic E-state index is -0.480. The molecule has 1 aromatic carbocycles. The molecule has 2 aromatic heterocycles. The molecule has 3 aromatic rings.